The molecule has 0 aromatic rings. The SMILES string of the molecule is CCCCC(C(=O)OC)C1(O)CCN(C)C1. The van der Waals surface area contributed by atoms with Crippen LogP contribution in [-0.4, -0.2) is 48.8 Å². The molecule has 0 saturated carbocycles. The number of methoxy groups -OCH3 is 1. The van der Waals surface area contributed by atoms with Crippen molar-refractivity contribution in [2.75, 3.05) is 27.2 Å². The largest absolute Gasteiger partial charge is 0.469 e. The third-order valence-electron chi connectivity index (χ3n) is 3.45. The first-order valence-corrected chi connectivity index (χ1v) is 6.02. The lowest BCUT2D eigenvalue weighted by atomic mass is 9.83. The van der Waals surface area contributed by atoms with Gasteiger partial charge in [-0.15, -0.1) is 0 Å². The number of carbonyl (C=O) groups is 1. The van der Waals surface area contributed by atoms with Gasteiger partial charge in [-0.2, -0.15) is 0 Å². The first-order valence-electron chi connectivity index (χ1n) is 6.02. The lowest BCUT2D eigenvalue weighted by Gasteiger charge is -2.30. The number of aliphatic hydroxyl groups is 1. The van der Waals surface area contributed by atoms with E-state index in [9.17, 15) is 9.90 Å². The molecule has 0 aliphatic carbocycles. The fourth-order valence-electron chi connectivity index (χ4n) is 2.45. The maximum Gasteiger partial charge on any atom is 0.311 e. The second-order valence-electron chi connectivity index (χ2n) is 4.81. The lowest BCUT2D eigenvalue weighted by molar-refractivity contribution is -0.155. The summed E-state index contributed by atoms with van der Waals surface area (Å²) in [6.07, 6.45) is 3.35. The molecule has 0 aromatic carbocycles. The predicted molar refractivity (Wildman–Crippen MR) is 62.1 cm³/mol. The van der Waals surface area contributed by atoms with Crippen LogP contribution in [0.25, 0.3) is 0 Å². The molecule has 4 nitrogen and oxygen atoms in total. The number of ether oxygens (including phenoxy) is 1. The van der Waals surface area contributed by atoms with Gasteiger partial charge in [0.2, 0.25) is 0 Å². The summed E-state index contributed by atoms with van der Waals surface area (Å²) in [6, 6.07) is 0. The van der Waals surface area contributed by atoms with Gasteiger partial charge in [0.15, 0.2) is 0 Å². The highest BCUT2D eigenvalue weighted by Crippen LogP contribution is 2.32. The highest BCUT2D eigenvalue weighted by molar-refractivity contribution is 5.73. The maximum absolute atomic E-state index is 11.7. The summed E-state index contributed by atoms with van der Waals surface area (Å²) in [5, 5.41) is 10.5. The highest BCUT2D eigenvalue weighted by atomic mass is 16.5. The minimum atomic E-state index is -0.892. The third-order valence-corrected chi connectivity index (χ3v) is 3.45. The van der Waals surface area contributed by atoms with E-state index >= 15 is 0 Å². The van der Waals surface area contributed by atoms with Crippen molar-refractivity contribution in [1.29, 1.82) is 0 Å². The predicted octanol–water partition coefficient (Wildman–Crippen LogP) is 1.03. The van der Waals surface area contributed by atoms with Crippen LogP contribution in [0.5, 0.6) is 0 Å². The van der Waals surface area contributed by atoms with E-state index in [1.54, 1.807) is 0 Å². The Hall–Kier alpha value is -0.610. The van der Waals surface area contributed by atoms with Gasteiger partial charge in [-0.25, -0.2) is 0 Å². The number of rotatable bonds is 5. The van der Waals surface area contributed by atoms with Crippen molar-refractivity contribution in [1.82, 2.24) is 4.90 Å². The van der Waals surface area contributed by atoms with Crippen LogP contribution in [0.15, 0.2) is 0 Å². The van der Waals surface area contributed by atoms with Gasteiger partial charge < -0.3 is 14.7 Å². The number of unbranched alkanes of at least 4 members (excludes halogenated alkanes) is 1. The van der Waals surface area contributed by atoms with E-state index in [0.717, 1.165) is 19.4 Å². The van der Waals surface area contributed by atoms with Gasteiger partial charge in [0.1, 0.15) is 0 Å². The van der Waals surface area contributed by atoms with Gasteiger partial charge in [0, 0.05) is 13.1 Å². The van der Waals surface area contributed by atoms with Gasteiger partial charge in [0.25, 0.3) is 0 Å². The quantitative estimate of drug-likeness (QED) is 0.715. The van der Waals surface area contributed by atoms with Gasteiger partial charge in [0.05, 0.1) is 18.6 Å². The van der Waals surface area contributed by atoms with Crippen LogP contribution in [-0.2, 0) is 9.53 Å². The smallest absolute Gasteiger partial charge is 0.311 e. The lowest BCUT2D eigenvalue weighted by Crippen LogP contribution is -2.44. The molecule has 1 aliphatic heterocycles. The van der Waals surface area contributed by atoms with Gasteiger partial charge in [-0.1, -0.05) is 19.8 Å². The molecule has 2 unspecified atom stereocenters. The second kappa shape index (κ2) is 5.64. The van der Waals surface area contributed by atoms with E-state index in [0.29, 0.717) is 19.4 Å². The molecule has 1 aliphatic rings. The minimum Gasteiger partial charge on any atom is -0.469 e. The van der Waals surface area contributed by atoms with E-state index in [-0.39, 0.29) is 11.9 Å². The Labute approximate surface area is 97.6 Å². The molecule has 16 heavy (non-hydrogen) atoms. The van der Waals surface area contributed by atoms with Crippen molar-refractivity contribution < 1.29 is 14.6 Å². The van der Waals surface area contributed by atoms with Crippen LogP contribution in [0.1, 0.15) is 32.6 Å². The summed E-state index contributed by atoms with van der Waals surface area (Å²) < 4.78 is 4.80. The average molecular weight is 229 g/mol. The Morgan fingerprint density at radius 2 is 2.31 bits per heavy atom. The molecule has 1 fully saturated rings. The number of β-amino-alcohol motifs (C(OH)–C–C–N with tert-alkyl or cyclic N) is 1. The van der Waals surface area contributed by atoms with Crippen molar-refractivity contribution in [2.45, 2.75) is 38.2 Å². The van der Waals surface area contributed by atoms with Crippen LogP contribution in [0, 0.1) is 5.92 Å². The summed E-state index contributed by atoms with van der Waals surface area (Å²) >= 11 is 0. The summed E-state index contributed by atoms with van der Waals surface area (Å²) in [7, 11) is 3.36. The van der Waals surface area contributed by atoms with Crippen LogP contribution < -0.4 is 0 Å². The van der Waals surface area contributed by atoms with Gasteiger partial charge in [-0.05, 0) is 19.9 Å². The number of nitrogens with zero attached hydrogens (tertiary/aromatic N) is 1. The molecule has 1 N–H and O–H groups in total. The van der Waals surface area contributed by atoms with Gasteiger partial charge in [-0.3, -0.25) is 4.79 Å². The van der Waals surface area contributed by atoms with Crippen LogP contribution in [0.2, 0.25) is 0 Å². The molecule has 1 heterocycles. The second-order valence-corrected chi connectivity index (χ2v) is 4.81. The number of hydrogen-bond acceptors (Lipinski definition) is 4. The average Bonchev–Trinajstić information content (AvgIpc) is 2.59. The molecular formula is C12H23NO3. The van der Waals surface area contributed by atoms with E-state index in [4.69, 9.17) is 4.74 Å². The monoisotopic (exact) mass is 229 g/mol. The highest BCUT2D eigenvalue weighted by Gasteiger charge is 2.45. The van der Waals surface area contributed by atoms with Crippen molar-refractivity contribution >= 4 is 5.97 Å². The van der Waals surface area contributed by atoms with Crippen molar-refractivity contribution in [3.05, 3.63) is 0 Å². The molecule has 1 saturated heterocycles. The Morgan fingerprint density at radius 1 is 1.62 bits per heavy atom. The fraction of sp³-hybridized carbons (Fsp3) is 0.917. The Morgan fingerprint density at radius 3 is 2.75 bits per heavy atom. The number of esters is 1. The van der Waals surface area contributed by atoms with Gasteiger partial charge >= 0.3 is 5.97 Å². The topological polar surface area (TPSA) is 49.8 Å². The first kappa shape index (κ1) is 13.5. The molecule has 2 atom stereocenters. The van der Waals surface area contributed by atoms with E-state index in [2.05, 4.69) is 11.8 Å². The number of hydrogen-bond donors (Lipinski definition) is 1. The number of carbonyl (C=O) groups excluding carboxylic acids is 1. The van der Waals surface area contributed by atoms with E-state index in [1.165, 1.54) is 7.11 Å². The molecule has 0 amide bonds. The van der Waals surface area contributed by atoms with E-state index in [1.807, 2.05) is 7.05 Å². The first-order chi connectivity index (χ1) is 7.53. The Bertz CT molecular complexity index is 244. The molecule has 0 bridgehead atoms. The standard InChI is InChI=1S/C12H23NO3/c1-4-5-6-10(11(14)16-3)12(15)7-8-13(2)9-12/h10,15H,4-9H2,1-3H3. The summed E-state index contributed by atoms with van der Waals surface area (Å²) in [5.41, 5.74) is -0.892. The summed E-state index contributed by atoms with van der Waals surface area (Å²) in [5.74, 6) is -0.645. The Balaban J connectivity index is 2.71. The van der Waals surface area contributed by atoms with Crippen LogP contribution in [0.3, 0.4) is 0 Å². The zero-order valence-corrected chi connectivity index (χ0v) is 10.5. The van der Waals surface area contributed by atoms with Crippen molar-refractivity contribution in [2.24, 2.45) is 5.92 Å². The number of likely N-dealkylation sites (tertiary alicyclic amines) is 1. The molecule has 0 radical (unpaired) electrons. The molecule has 1 rings (SSSR count). The molecule has 94 valence electrons. The zero-order chi connectivity index (χ0) is 12.2. The van der Waals surface area contributed by atoms with Crippen LogP contribution >= 0.6 is 0 Å². The minimum absolute atomic E-state index is 0.272. The van der Waals surface area contributed by atoms with Crippen molar-refractivity contribution in [3.63, 3.8) is 0 Å². The van der Waals surface area contributed by atoms with E-state index < -0.39 is 5.60 Å². The summed E-state index contributed by atoms with van der Waals surface area (Å²) in [6.45, 7) is 3.49. The zero-order valence-electron chi connectivity index (χ0n) is 10.5. The van der Waals surface area contributed by atoms with Crippen molar-refractivity contribution in [3.8, 4) is 0 Å². The fourth-order valence-corrected chi connectivity index (χ4v) is 2.45. The molecule has 0 spiro atoms. The Kier molecular flexibility index (Phi) is 4.74. The summed E-state index contributed by atoms with van der Waals surface area (Å²) in [4.78, 5) is 13.8. The normalized spacial score (nSPS) is 28.0. The van der Waals surface area contributed by atoms with Crippen LogP contribution in [0.4, 0.5) is 0 Å². The maximum atomic E-state index is 11.7. The number of likely N-dealkylation sites (N-methyl/N-ethyl adjacent to an activating group) is 1. The third kappa shape index (κ3) is 2.95. The molecule has 0 aromatic heterocycles. The molecule has 4 heteroatoms. The molecular weight excluding hydrogens is 206 g/mol.